The summed E-state index contributed by atoms with van der Waals surface area (Å²) in [5, 5.41) is 7.06. The number of rotatable bonds is 4. The van der Waals surface area contributed by atoms with E-state index in [9.17, 15) is 4.79 Å². The van der Waals surface area contributed by atoms with E-state index in [1.54, 1.807) is 16.9 Å². The molecule has 0 bridgehead atoms. The van der Waals surface area contributed by atoms with Gasteiger partial charge in [-0.2, -0.15) is 5.10 Å². The molecule has 21 heavy (non-hydrogen) atoms. The van der Waals surface area contributed by atoms with E-state index < -0.39 is 0 Å². The van der Waals surface area contributed by atoms with Crippen molar-refractivity contribution in [2.24, 2.45) is 0 Å². The number of amides is 1. The van der Waals surface area contributed by atoms with Gasteiger partial charge in [0.1, 0.15) is 0 Å². The number of fused-ring (bicyclic) bond motifs is 1. The Balaban J connectivity index is 1.68. The van der Waals surface area contributed by atoms with Crippen molar-refractivity contribution in [2.45, 2.75) is 26.3 Å². The zero-order valence-electron chi connectivity index (χ0n) is 12.0. The minimum atomic E-state index is -0.0556. The molecule has 0 saturated carbocycles. The molecule has 0 aliphatic carbocycles. The van der Waals surface area contributed by atoms with E-state index >= 15 is 0 Å². The maximum absolute atomic E-state index is 12.1. The molecule has 1 aromatic heterocycles. The molecule has 2 aromatic rings. The van der Waals surface area contributed by atoms with Gasteiger partial charge >= 0.3 is 0 Å². The van der Waals surface area contributed by atoms with Gasteiger partial charge in [0, 0.05) is 30.6 Å². The monoisotopic (exact) mass is 287 g/mol. The third-order valence-corrected chi connectivity index (χ3v) is 3.45. The Kier molecular flexibility index (Phi) is 3.51. The van der Waals surface area contributed by atoms with Crippen molar-refractivity contribution in [1.29, 1.82) is 0 Å². The van der Waals surface area contributed by atoms with E-state index in [1.807, 2.05) is 32.2 Å². The van der Waals surface area contributed by atoms with E-state index in [-0.39, 0.29) is 18.7 Å². The first-order valence-corrected chi connectivity index (χ1v) is 6.82. The summed E-state index contributed by atoms with van der Waals surface area (Å²) >= 11 is 0. The highest BCUT2D eigenvalue weighted by Crippen LogP contribution is 2.36. The fourth-order valence-corrected chi connectivity index (χ4v) is 2.28. The minimum Gasteiger partial charge on any atom is -0.454 e. The molecule has 0 saturated heterocycles. The molecule has 0 radical (unpaired) electrons. The van der Waals surface area contributed by atoms with Gasteiger partial charge in [-0.05, 0) is 31.5 Å². The molecule has 1 atom stereocenters. The van der Waals surface area contributed by atoms with Crippen molar-refractivity contribution in [1.82, 2.24) is 9.78 Å². The van der Waals surface area contributed by atoms with Crippen LogP contribution in [0, 0.1) is 6.92 Å². The number of hydrogen-bond acceptors (Lipinski definition) is 4. The molecule has 0 spiro atoms. The first-order valence-electron chi connectivity index (χ1n) is 6.82. The quantitative estimate of drug-likeness (QED) is 0.938. The predicted octanol–water partition coefficient (Wildman–Crippen LogP) is 2.51. The topological polar surface area (TPSA) is 65.4 Å². The number of carbonyl (C=O) groups excluding carboxylic acids is 1. The third kappa shape index (κ3) is 2.84. The van der Waals surface area contributed by atoms with Crippen LogP contribution < -0.4 is 14.8 Å². The number of benzene rings is 1. The number of aryl methyl sites for hydroxylation is 1. The van der Waals surface area contributed by atoms with E-state index in [4.69, 9.17) is 9.47 Å². The van der Waals surface area contributed by atoms with Crippen molar-refractivity contribution in [3.63, 3.8) is 0 Å². The maximum Gasteiger partial charge on any atom is 0.231 e. The van der Waals surface area contributed by atoms with Gasteiger partial charge in [-0.3, -0.25) is 9.48 Å². The van der Waals surface area contributed by atoms with Crippen LogP contribution in [0.25, 0.3) is 0 Å². The number of anilines is 1. The fraction of sp³-hybridized carbons (Fsp3) is 0.333. The molecule has 6 nitrogen and oxygen atoms in total. The molecule has 3 rings (SSSR count). The van der Waals surface area contributed by atoms with Crippen LogP contribution in [-0.2, 0) is 4.79 Å². The van der Waals surface area contributed by atoms with Crippen molar-refractivity contribution in [3.05, 3.63) is 36.2 Å². The van der Waals surface area contributed by atoms with Gasteiger partial charge < -0.3 is 14.8 Å². The van der Waals surface area contributed by atoms with Crippen LogP contribution in [0.2, 0.25) is 0 Å². The summed E-state index contributed by atoms with van der Waals surface area (Å²) in [6, 6.07) is 5.52. The van der Waals surface area contributed by atoms with Crippen LogP contribution in [0.15, 0.2) is 30.6 Å². The van der Waals surface area contributed by atoms with Crippen molar-refractivity contribution < 1.29 is 14.3 Å². The van der Waals surface area contributed by atoms with Gasteiger partial charge in [0.15, 0.2) is 11.5 Å². The van der Waals surface area contributed by atoms with Crippen LogP contribution in [0.1, 0.15) is 24.9 Å². The van der Waals surface area contributed by atoms with Gasteiger partial charge in [-0.25, -0.2) is 0 Å². The van der Waals surface area contributed by atoms with Crippen molar-refractivity contribution in [3.8, 4) is 11.5 Å². The SMILES string of the molecule is Cc1cc2c(cc1NC(=O)CC(C)n1cccn1)OCO2. The molecule has 0 fully saturated rings. The van der Waals surface area contributed by atoms with Gasteiger partial charge in [0.05, 0.1) is 6.04 Å². The largest absolute Gasteiger partial charge is 0.454 e. The summed E-state index contributed by atoms with van der Waals surface area (Å²) in [5.41, 5.74) is 1.69. The molecule has 1 unspecified atom stereocenters. The van der Waals surface area contributed by atoms with Crippen LogP contribution in [0.5, 0.6) is 11.5 Å². The number of nitrogens with one attached hydrogen (secondary N) is 1. The lowest BCUT2D eigenvalue weighted by Gasteiger charge is -2.13. The highest BCUT2D eigenvalue weighted by Gasteiger charge is 2.17. The molecule has 6 heteroatoms. The summed E-state index contributed by atoms with van der Waals surface area (Å²) in [4.78, 5) is 12.1. The second-order valence-corrected chi connectivity index (χ2v) is 5.11. The van der Waals surface area contributed by atoms with E-state index in [0.717, 1.165) is 17.0 Å². The fourth-order valence-electron chi connectivity index (χ4n) is 2.28. The van der Waals surface area contributed by atoms with Crippen LogP contribution >= 0.6 is 0 Å². The highest BCUT2D eigenvalue weighted by atomic mass is 16.7. The minimum absolute atomic E-state index is 0.00863. The van der Waals surface area contributed by atoms with Crippen LogP contribution in [0.3, 0.4) is 0 Å². The lowest BCUT2D eigenvalue weighted by atomic mass is 10.1. The zero-order valence-corrected chi connectivity index (χ0v) is 12.0. The Morgan fingerprint density at radius 3 is 2.90 bits per heavy atom. The maximum atomic E-state index is 12.1. The van der Waals surface area contributed by atoms with Crippen molar-refractivity contribution in [2.75, 3.05) is 12.1 Å². The first kappa shape index (κ1) is 13.5. The molecule has 1 aliphatic heterocycles. The molecule has 110 valence electrons. The van der Waals surface area contributed by atoms with E-state index in [1.165, 1.54) is 0 Å². The third-order valence-electron chi connectivity index (χ3n) is 3.45. The van der Waals surface area contributed by atoms with Crippen LogP contribution in [0.4, 0.5) is 5.69 Å². The predicted molar refractivity (Wildman–Crippen MR) is 77.5 cm³/mol. The first-order chi connectivity index (χ1) is 10.1. The number of nitrogens with zero attached hydrogens (tertiary/aromatic N) is 2. The van der Waals surface area contributed by atoms with E-state index in [2.05, 4.69) is 10.4 Å². The Hall–Kier alpha value is -2.50. The molecule has 1 aromatic carbocycles. The Morgan fingerprint density at radius 2 is 2.19 bits per heavy atom. The van der Waals surface area contributed by atoms with Crippen LogP contribution in [-0.4, -0.2) is 22.5 Å². The second kappa shape index (κ2) is 5.47. The average Bonchev–Trinajstić information content (AvgIpc) is 3.09. The highest BCUT2D eigenvalue weighted by molar-refractivity contribution is 5.92. The Labute approximate surface area is 122 Å². The molecule has 2 heterocycles. The van der Waals surface area contributed by atoms with E-state index in [0.29, 0.717) is 12.2 Å². The number of aromatic nitrogens is 2. The summed E-state index contributed by atoms with van der Waals surface area (Å²) in [6.45, 7) is 4.11. The average molecular weight is 287 g/mol. The smallest absolute Gasteiger partial charge is 0.231 e. The standard InChI is InChI=1S/C15H17N3O3/c1-10-6-13-14(21-9-20-13)8-12(10)17-15(19)7-11(2)18-5-3-4-16-18/h3-6,8,11H,7,9H2,1-2H3,(H,17,19). The van der Waals surface area contributed by atoms with Crippen molar-refractivity contribution >= 4 is 11.6 Å². The Bertz CT molecular complexity index is 652. The summed E-state index contributed by atoms with van der Waals surface area (Å²) in [7, 11) is 0. The molecular weight excluding hydrogens is 270 g/mol. The van der Waals surface area contributed by atoms with Gasteiger partial charge in [0.25, 0.3) is 0 Å². The number of carbonyl (C=O) groups is 1. The summed E-state index contributed by atoms with van der Waals surface area (Å²) < 4.78 is 12.4. The molecule has 1 aliphatic rings. The number of ether oxygens (including phenoxy) is 2. The van der Waals surface area contributed by atoms with Gasteiger partial charge in [-0.15, -0.1) is 0 Å². The summed E-state index contributed by atoms with van der Waals surface area (Å²) in [5.74, 6) is 1.33. The number of hydrogen-bond donors (Lipinski definition) is 1. The van der Waals surface area contributed by atoms with Gasteiger partial charge in [0.2, 0.25) is 12.7 Å². The molecular formula is C15H17N3O3. The second-order valence-electron chi connectivity index (χ2n) is 5.11. The molecule has 1 N–H and O–H groups in total. The summed E-state index contributed by atoms with van der Waals surface area (Å²) in [6.07, 6.45) is 3.91. The lowest BCUT2D eigenvalue weighted by molar-refractivity contribution is -0.116. The zero-order chi connectivity index (χ0) is 14.8. The van der Waals surface area contributed by atoms with Gasteiger partial charge in [-0.1, -0.05) is 0 Å². The normalized spacial score (nSPS) is 14.0. The lowest BCUT2D eigenvalue weighted by Crippen LogP contribution is -2.18. The molecule has 1 amide bonds. The Morgan fingerprint density at radius 1 is 1.43 bits per heavy atom.